The lowest BCUT2D eigenvalue weighted by molar-refractivity contribution is -0.150. The predicted octanol–water partition coefficient (Wildman–Crippen LogP) is 5.06. The molecule has 10 nitrogen and oxygen atoms in total. The van der Waals surface area contributed by atoms with Gasteiger partial charge in [-0.1, -0.05) is 41.5 Å². The maximum absolute atomic E-state index is 13.1. The number of carbonyl (C=O) groups excluding carboxylic acids is 4. The number of hydrogen-bond donors (Lipinski definition) is 2. The standard InChI is InChI=1S/C31H46N2O8/c1-10-12-20(34)22-18(14-30(4,5)24(26(22)36)28(38)40-8)32-16-17(3)33-19-15-31(6,7)25(29(39)41-9)27(37)23(19)21(35)13-11-2/h17,24-25,36-37H,10-16H2,1-9H3. The largest absolute Gasteiger partial charge is 0.511 e. The van der Waals surface area contributed by atoms with Gasteiger partial charge >= 0.3 is 11.9 Å². The number of nitrogens with zero attached hydrogens (tertiary/aromatic N) is 2. The highest BCUT2D eigenvalue weighted by Gasteiger charge is 2.48. The van der Waals surface area contributed by atoms with Crippen molar-refractivity contribution in [1.82, 2.24) is 0 Å². The molecule has 3 unspecified atom stereocenters. The first-order valence-electron chi connectivity index (χ1n) is 14.3. The van der Waals surface area contributed by atoms with Crippen LogP contribution in [0, 0.1) is 22.7 Å². The normalized spacial score (nSPS) is 24.8. The van der Waals surface area contributed by atoms with E-state index in [4.69, 9.17) is 19.5 Å². The van der Waals surface area contributed by atoms with Crippen LogP contribution in [0.2, 0.25) is 0 Å². The highest BCUT2D eigenvalue weighted by Crippen LogP contribution is 2.44. The number of esters is 2. The molecule has 0 aromatic rings. The van der Waals surface area contributed by atoms with Crippen molar-refractivity contribution in [1.29, 1.82) is 0 Å². The van der Waals surface area contributed by atoms with E-state index in [0.29, 0.717) is 24.3 Å². The molecular formula is C31H46N2O8. The Labute approximate surface area is 243 Å². The van der Waals surface area contributed by atoms with Crippen molar-refractivity contribution >= 4 is 34.9 Å². The van der Waals surface area contributed by atoms with Gasteiger partial charge in [0.1, 0.15) is 23.4 Å². The first-order chi connectivity index (χ1) is 19.1. The van der Waals surface area contributed by atoms with Crippen LogP contribution in [0.15, 0.2) is 32.6 Å². The number of allylic oxidation sites excluding steroid dienone is 2. The van der Waals surface area contributed by atoms with Gasteiger partial charge in [0, 0.05) is 24.3 Å². The first-order valence-corrected chi connectivity index (χ1v) is 14.3. The Morgan fingerprint density at radius 3 is 1.59 bits per heavy atom. The monoisotopic (exact) mass is 574 g/mol. The molecule has 228 valence electrons. The number of hydrogen-bond acceptors (Lipinski definition) is 10. The lowest BCUT2D eigenvalue weighted by atomic mass is 9.67. The molecule has 0 fully saturated rings. The van der Waals surface area contributed by atoms with Crippen molar-refractivity contribution in [2.24, 2.45) is 32.7 Å². The molecule has 0 saturated heterocycles. The molecule has 0 aliphatic heterocycles. The van der Waals surface area contributed by atoms with Gasteiger partial charge in [-0.3, -0.25) is 29.2 Å². The number of carbonyl (C=O) groups is 4. The fourth-order valence-corrected chi connectivity index (χ4v) is 5.77. The summed E-state index contributed by atoms with van der Waals surface area (Å²) in [5.74, 6) is -4.47. The average Bonchev–Trinajstić information content (AvgIpc) is 2.85. The third-order valence-electron chi connectivity index (χ3n) is 7.75. The lowest BCUT2D eigenvalue weighted by Gasteiger charge is -2.38. The molecule has 0 bridgehead atoms. The minimum Gasteiger partial charge on any atom is -0.511 e. The molecule has 0 spiro atoms. The fourth-order valence-electron chi connectivity index (χ4n) is 5.77. The Hall–Kier alpha value is -3.30. The summed E-state index contributed by atoms with van der Waals surface area (Å²) in [6.45, 7) is 12.9. The molecule has 0 aromatic heterocycles. The van der Waals surface area contributed by atoms with Crippen molar-refractivity contribution in [3.05, 3.63) is 22.7 Å². The van der Waals surface area contributed by atoms with E-state index in [9.17, 15) is 29.4 Å². The van der Waals surface area contributed by atoms with E-state index in [1.807, 2.05) is 41.5 Å². The van der Waals surface area contributed by atoms with Gasteiger partial charge < -0.3 is 19.7 Å². The number of Topliss-reactive ketones (excluding diaryl/α,β-unsaturated/α-hetero) is 2. The second-order valence-electron chi connectivity index (χ2n) is 12.3. The highest BCUT2D eigenvalue weighted by atomic mass is 16.5. The van der Waals surface area contributed by atoms with Gasteiger partial charge in [0.05, 0.1) is 38.0 Å². The van der Waals surface area contributed by atoms with Crippen LogP contribution in [0.5, 0.6) is 0 Å². The van der Waals surface area contributed by atoms with E-state index in [1.165, 1.54) is 14.2 Å². The van der Waals surface area contributed by atoms with E-state index in [0.717, 1.165) is 0 Å². The predicted molar refractivity (Wildman–Crippen MR) is 156 cm³/mol. The quantitative estimate of drug-likeness (QED) is 0.325. The van der Waals surface area contributed by atoms with Gasteiger partial charge in [0.2, 0.25) is 0 Å². The minimum atomic E-state index is -0.995. The number of aliphatic hydroxyl groups is 2. The molecule has 2 aliphatic rings. The van der Waals surface area contributed by atoms with E-state index in [2.05, 4.69) is 0 Å². The molecule has 2 rings (SSSR count). The zero-order valence-electron chi connectivity index (χ0n) is 25.9. The van der Waals surface area contributed by atoms with Crippen LogP contribution < -0.4 is 0 Å². The van der Waals surface area contributed by atoms with Crippen LogP contribution in [-0.2, 0) is 28.7 Å². The third kappa shape index (κ3) is 7.32. The Kier molecular flexibility index (Phi) is 11.2. The van der Waals surface area contributed by atoms with Crippen LogP contribution in [-0.4, -0.2) is 71.9 Å². The van der Waals surface area contributed by atoms with Crippen molar-refractivity contribution < 1.29 is 38.9 Å². The van der Waals surface area contributed by atoms with Gasteiger partial charge in [0.25, 0.3) is 0 Å². The number of rotatable bonds is 11. The number of aliphatic hydroxyl groups excluding tert-OH is 2. The maximum Gasteiger partial charge on any atom is 0.316 e. The number of ether oxygens (including phenoxy) is 2. The number of methoxy groups -OCH3 is 2. The molecule has 2 aliphatic carbocycles. The third-order valence-corrected chi connectivity index (χ3v) is 7.75. The zero-order valence-corrected chi connectivity index (χ0v) is 25.9. The summed E-state index contributed by atoms with van der Waals surface area (Å²) in [7, 11) is 2.49. The fraction of sp³-hybridized carbons (Fsp3) is 0.677. The van der Waals surface area contributed by atoms with Crippen LogP contribution in [0.25, 0.3) is 0 Å². The van der Waals surface area contributed by atoms with Gasteiger partial charge in [-0.15, -0.1) is 0 Å². The Morgan fingerprint density at radius 2 is 1.20 bits per heavy atom. The van der Waals surface area contributed by atoms with E-state index in [-0.39, 0.29) is 66.5 Å². The van der Waals surface area contributed by atoms with Crippen LogP contribution >= 0.6 is 0 Å². The van der Waals surface area contributed by atoms with Crippen molar-refractivity contribution in [3.8, 4) is 0 Å². The second-order valence-corrected chi connectivity index (χ2v) is 12.3. The maximum atomic E-state index is 13.1. The van der Waals surface area contributed by atoms with Crippen LogP contribution in [0.3, 0.4) is 0 Å². The molecule has 2 N–H and O–H groups in total. The van der Waals surface area contributed by atoms with Gasteiger partial charge in [-0.05, 0) is 43.4 Å². The molecule has 0 radical (unpaired) electrons. The Morgan fingerprint density at radius 1 is 0.805 bits per heavy atom. The van der Waals surface area contributed by atoms with E-state index < -0.39 is 40.6 Å². The first kappa shape index (κ1) is 33.9. The topological polar surface area (TPSA) is 152 Å². The summed E-state index contributed by atoms with van der Waals surface area (Å²) in [5, 5.41) is 22.3. The Bertz CT molecular complexity index is 1190. The number of aliphatic imine (C=N–C) groups is 2. The molecule has 0 amide bonds. The van der Waals surface area contributed by atoms with Crippen LogP contribution in [0.1, 0.15) is 87.0 Å². The summed E-state index contributed by atoms with van der Waals surface area (Å²) in [6, 6.07) is -0.466. The summed E-state index contributed by atoms with van der Waals surface area (Å²) >= 11 is 0. The summed E-state index contributed by atoms with van der Waals surface area (Å²) < 4.78 is 9.84. The molecule has 0 heterocycles. The van der Waals surface area contributed by atoms with Gasteiger partial charge in [0.15, 0.2) is 11.6 Å². The highest BCUT2D eigenvalue weighted by molar-refractivity contribution is 6.25. The SMILES string of the molecule is CCCC(=O)C1=C(O)C(C(=O)OC)C(C)(C)CC1=NCC(C)N=C1CC(C)(C)C(C(=O)OC)C(O)=C1C(=O)CCC. The molecule has 0 saturated carbocycles. The van der Waals surface area contributed by atoms with Gasteiger partial charge in [-0.2, -0.15) is 0 Å². The van der Waals surface area contributed by atoms with E-state index in [1.54, 1.807) is 6.92 Å². The van der Waals surface area contributed by atoms with Crippen LogP contribution in [0.4, 0.5) is 0 Å². The molecule has 41 heavy (non-hydrogen) atoms. The van der Waals surface area contributed by atoms with Crippen molar-refractivity contribution in [2.75, 3.05) is 20.8 Å². The average molecular weight is 575 g/mol. The molecule has 3 atom stereocenters. The Balaban J connectivity index is 2.57. The molecule has 10 heteroatoms. The second kappa shape index (κ2) is 13.6. The van der Waals surface area contributed by atoms with Crippen molar-refractivity contribution in [2.45, 2.75) is 93.0 Å². The molecule has 0 aromatic carbocycles. The van der Waals surface area contributed by atoms with Gasteiger partial charge in [-0.25, -0.2) is 0 Å². The smallest absolute Gasteiger partial charge is 0.316 e. The summed E-state index contributed by atoms with van der Waals surface area (Å²) in [6.07, 6.45) is 2.02. The van der Waals surface area contributed by atoms with Crippen molar-refractivity contribution in [3.63, 3.8) is 0 Å². The summed E-state index contributed by atoms with van der Waals surface area (Å²) in [5.41, 5.74) is -0.620. The zero-order chi connectivity index (χ0) is 31.3. The molecular weight excluding hydrogens is 528 g/mol. The minimum absolute atomic E-state index is 0.0529. The summed E-state index contributed by atoms with van der Waals surface area (Å²) in [4.78, 5) is 60.7. The van der Waals surface area contributed by atoms with E-state index >= 15 is 0 Å². The lowest BCUT2D eigenvalue weighted by Crippen LogP contribution is -2.42. The number of ketones is 2.